The summed E-state index contributed by atoms with van der Waals surface area (Å²) in [6, 6.07) is 23.9. The molecule has 1 aromatic heterocycles. The topological polar surface area (TPSA) is 39.4 Å². The first-order chi connectivity index (χ1) is 12.2. The fourth-order valence-corrected chi connectivity index (χ4v) is 2.92. The van der Waals surface area contributed by atoms with Crippen LogP contribution >= 0.6 is 11.6 Å². The largest absolute Gasteiger partial charge is 0.449 e. The van der Waals surface area contributed by atoms with E-state index in [2.05, 4.69) is 0 Å². The molecule has 0 spiro atoms. The van der Waals surface area contributed by atoms with Crippen LogP contribution in [0.4, 0.5) is 0 Å². The molecule has 0 N–H and O–H groups in total. The molecule has 3 nitrogen and oxygen atoms in total. The van der Waals surface area contributed by atoms with E-state index < -0.39 is 5.97 Å². The molecule has 0 saturated carbocycles. The molecular weight excluding hydrogens is 336 g/mol. The number of hydrogen-bond acceptors (Lipinski definition) is 3. The predicted molar refractivity (Wildman–Crippen MR) is 98.1 cm³/mol. The van der Waals surface area contributed by atoms with Crippen LogP contribution in [0.25, 0.3) is 22.1 Å². The maximum Gasteiger partial charge on any atom is 0.379 e. The van der Waals surface area contributed by atoms with Crippen molar-refractivity contribution in [1.82, 2.24) is 0 Å². The maximum absolute atomic E-state index is 12.4. The van der Waals surface area contributed by atoms with E-state index in [4.69, 9.17) is 20.8 Å². The lowest BCUT2D eigenvalue weighted by Gasteiger charge is -2.06. The summed E-state index contributed by atoms with van der Waals surface area (Å²) in [6.07, 6.45) is 0. The van der Waals surface area contributed by atoms with Crippen LogP contribution in [-0.2, 0) is 0 Å². The van der Waals surface area contributed by atoms with E-state index in [9.17, 15) is 4.79 Å². The van der Waals surface area contributed by atoms with Gasteiger partial charge in [0.25, 0.3) is 0 Å². The summed E-state index contributed by atoms with van der Waals surface area (Å²) in [5.74, 6) is 0.603. The van der Waals surface area contributed by atoms with E-state index in [1.165, 1.54) is 0 Å². The second-order valence-electron chi connectivity index (χ2n) is 5.51. The molecule has 0 aliphatic heterocycles. The summed E-state index contributed by atoms with van der Waals surface area (Å²) in [6.45, 7) is 0. The number of rotatable bonds is 3. The number of esters is 1. The van der Waals surface area contributed by atoms with Crippen LogP contribution < -0.4 is 4.74 Å². The minimum atomic E-state index is -0.547. The number of carbonyl (C=O) groups is 1. The smallest absolute Gasteiger partial charge is 0.379 e. The van der Waals surface area contributed by atoms with Crippen molar-refractivity contribution in [3.05, 3.63) is 89.6 Å². The molecule has 4 aromatic rings. The summed E-state index contributed by atoms with van der Waals surface area (Å²) in [4.78, 5) is 12.4. The van der Waals surface area contributed by atoms with Crippen molar-refractivity contribution in [1.29, 1.82) is 0 Å². The van der Waals surface area contributed by atoms with Crippen molar-refractivity contribution in [3.8, 4) is 17.1 Å². The van der Waals surface area contributed by atoms with Crippen molar-refractivity contribution >= 4 is 28.3 Å². The maximum atomic E-state index is 12.4. The van der Waals surface area contributed by atoms with E-state index >= 15 is 0 Å². The molecule has 4 rings (SSSR count). The van der Waals surface area contributed by atoms with Gasteiger partial charge in [0.2, 0.25) is 5.76 Å². The summed E-state index contributed by atoms with van der Waals surface area (Å²) in [7, 11) is 0. The highest BCUT2D eigenvalue weighted by Gasteiger charge is 2.16. The Morgan fingerprint density at radius 2 is 1.60 bits per heavy atom. The van der Waals surface area contributed by atoms with Crippen LogP contribution in [0.15, 0.2) is 83.3 Å². The average molecular weight is 349 g/mol. The number of carbonyl (C=O) groups excluding carboxylic acids is 1. The lowest BCUT2D eigenvalue weighted by molar-refractivity contribution is 0.0705. The highest BCUT2D eigenvalue weighted by Crippen LogP contribution is 2.30. The zero-order chi connectivity index (χ0) is 17.2. The number of halogens is 1. The van der Waals surface area contributed by atoms with Gasteiger partial charge in [-0.3, -0.25) is 0 Å². The Hall–Kier alpha value is -3.04. The van der Waals surface area contributed by atoms with Gasteiger partial charge in [0.1, 0.15) is 11.5 Å². The molecule has 0 unspecified atom stereocenters. The van der Waals surface area contributed by atoms with Crippen LogP contribution in [0, 0.1) is 0 Å². The molecule has 25 heavy (non-hydrogen) atoms. The highest BCUT2D eigenvalue weighted by atomic mass is 35.5. The van der Waals surface area contributed by atoms with Gasteiger partial charge in [0, 0.05) is 10.9 Å². The quantitative estimate of drug-likeness (QED) is 0.338. The molecule has 1 heterocycles. The van der Waals surface area contributed by atoms with Gasteiger partial charge in [-0.05, 0) is 35.7 Å². The van der Waals surface area contributed by atoms with E-state index in [-0.39, 0.29) is 5.76 Å². The van der Waals surface area contributed by atoms with E-state index in [1.807, 2.05) is 54.6 Å². The monoisotopic (exact) mass is 348 g/mol. The first-order valence-corrected chi connectivity index (χ1v) is 8.15. The fraction of sp³-hybridized carbons (Fsp3) is 0. The van der Waals surface area contributed by atoms with Crippen LogP contribution in [0.1, 0.15) is 10.6 Å². The van der Waals surface area contributed by atoms with Crippen molar-refractivity contribution in [2.24, 2.45) is 0 Å². The highest BCUT2D eigenvalue weighted by molar-refractivity contribution is 6.33. The minimum Gasteiger partial charge on any atom is -0.449 e. The molecule has 4 heteroatoms. The minimum absolute atomic E-state index is 0.128. The lowest BCUT2D eigenvalue weighted by atomic mass is 10.1. The first kappa shape index (κ1) is 15.5. The molecule has 0 bridgehead atoms. The number of fused-ring (bicyclic) bond motifs is 1. The van der Waals surface area contributed by atoms with Gasteiger partial charge in [-0.1, -0.05) is 60.1 Å². The Morgan fingerprint density at radius 3 is 2.48 bits per heavy atom. The molecular formula is C21H13ClO3. The molecule has 3 aromatic carbocycles. The van der Waals surface area contributed by atoms with Gasteiger partial charge in [-0.25, -0.2) is 4.79 Å². The molecule has 0 amide bonds. The Morgan fingerprint density at radius 1 is 0.840 bits per heavy atom. The van der Waals surface area contributed by atoms with Crippen molar-refractivity contribution in [2.75, 3.05) is 0 Å². The number of ether oxygens (including phenoxy) is 1. The van der Waals surface area contributed by atoms with E-state index in [1.54, 1.807) is 24.3 Å². The van der Waals surface area contributed by atoms with Crippen molar-refractivity contribution in [2.45, 2.75) is 0 Å². The zero-order valence-corrected chi connectivity index (χ0v) is 13.9. The van der Waals surface area contributed by atoms with Crippen molar-refractivity contribution < 1.29 is 13.9 Å². The lowest BCUT2D eigenvalue weighted by Crippen LogP contribution is -2.07. The Labute approximate surface area is 149 Å². The first-order valence-electron chi connectivity index (χ1n) is 7.77. The molecule has 0 saturated heterocycles. The predicted octanol–water partition coefficient (Wildman–Crippen LogP) is 5.97. The summed E-state index contributed by atoms with van der Waals surface area (Å²) < 4.78 is 11.2. The van der Waals surface area contributed by atoms with Gasteiger partial charge in [-0.15, -0.1) is 0 Å². The summed E-state index contributed by atoms with van der Waals surface area (Å²) in [5.41, 5.74) is 0.730. The third-order valence-electron chi connectivity index (χ3n) is 3.90. The normalized spacial score (nSPS) is 10.8. The summed E-state index contributed by atoms with van der Waals surface area (Å²) >= 11 is 6.17. The fourth-order valence-electron chi connectivity index (χ4n) is 2.69. The second kappa shape index (κ2) is 6.46. The van der Waals surface area contributed by atoms with E-state index in [0.717, 1.165) is 16.3 Å². The van der Waals surface area contributed by atoms with Crippen LogP contribution in [0.2, 0.25) is 5.02 Å². The molecule has 0 radical (unpaired) electrons. The van der Waals surface area contributed by atoms with Crippen molar-refractivity contribution in [3.63, 3.8) is 0 Å². The molecule has 122 valence electrons. The molecule has 0 atom stereocenters. The zero-order valence-electron chi connectivity index (χ0n) is 13.1. The Bertz CT molecular complexity index is 1060. The van der Waals surface area contributed by atoms with Gasteiger partial charge in [-0.2, -0.15) is 0 Å². The third kappa shape index (κ3) is 3.02. The van der Waals surface area contributed by atoms with Gasteiger partial charge >= 0.3 is 5.97 Å². The molecule has 0 aliphatic rings. The van der Waals surface area contributed by atoms with Gasteiger partial charge < -0.3 is 9.15 Å². The van der Waals surface area contributed by atoms with Crippen LogP contribution in [0.5, 0.6) is 5.75 Å². The molecule has 0 fully saturated rings. The Balaban J connectivity index is 1.63. The average Bonchev–Trinajstić information content (AvgIpc) is 3.12. The van der Waals surface area contributed by atoms with E-state index in [0.29, 0.717) is 16.5 Å². The number of benzene rings is 3. The second-order valence-corrected chi connectivity index (χ2v) is 5.92. The summed E-state index contributed by atoms with van der Waals surface area (Å²) in [5, 5.41) is 2.44. The number of furan rings is 1. The van der Waals surface area contributed by atoms with Crippen LogP contribution in [-0.4, -0.2) is 5.97 Å². The SMILES string of the molecule is O=C(Oc1cccc2ccccc12)c1ccc(-c2ccccc2Cl)o1. The molecule has 0 aliphatic carbocycles. The van der Waals surface area contributed by atoms with Gasteiger partial charge in [0.15, 0.2) is 0 Å². The van der Waals surface area contributed by atoms with Gasteiger partial charge in [0.05, 0.1) is 5.02 Å². The number of hydrogen-bond donors (Lipinski definition) is 0. The van der Waals surface area contributed by atoms with Crippen LogP contribution in [0.3, 0.4) is 0 Å². The third-order valence-corrected chi connectivity index (χ3v) is 4.23. The standard InChI is InChI=1S/C21H13ClO3/c22-17-10-4-3-9-16(17)19-12-13-20(24-19)21(23)25-18-11-5-7-14-6-1-2-8-15(14)18/h1-13H. The Kier molecular flexibility index (Phi) is 4.00.